The molecular weight excluding hydrogens is 264 g/mol. The fraction of sp³-hybridized carbons (Fsp3) is 0.0588. The lowest BCUT2D eigenvalue weighted by Gasteiger charge is -2.10. The molecule has 0 aliphatic heterocycles. The summed E-state index contributed by atoms with van der Waals surface area (Å²) in [5, 5.41) is 3.65. The molecule has 2 aromatic carbocycles. The van der Waals surface area contributed by atoms with E-state index in [0.717, 1.165) is 16.5 Å². The Morgan fingerprint density at radius 1 is 1.05 bits per heavy atom. The van der Waals surface area contributed by atoms with Crippen LogP contribution in [0, 0.1) is 6.92 Å². The second kappa shape index (κ2) is 5.63. The molecule has 1 heterocycles. The number of ether oxygens (including phenoxy) is 1. The van der Waals surface area contributed by atoms with Crippen LogP contribution in [0.3, 0.4) is 0 Å². The third-order valence-electron chi connectivity index (χ3n) is 3.16. The number of nitrogens with one attached hydrogen (secondary N) is 1. The molecule has 0 atom stereocenters. The normalized spacial score (nSPS) is 10.3. The van der Waals surface area contributed by atoms with E-state index in [1.807, 2.05) is 49.4 Å². The summed E-state index contributed by atoms with van der Waals surface area (Å²) >= 11 is 0. The van der Waals surface area contributed by atoms with Crippen molar-refractivity contribution in [1.29, 1.82) is 0 Å². The molecule has 21 heavy (non-hydrogen) atoms. The molecule has 104 valence electrons. The second-order valence-corrected chi connectivity index (χ2v) is 4.66. The Bertz CT molecular complexity index is 785. The van der Waals surface area contributed by atoms with Crippen molar-refractivity contribution in [3.05, 3.63) is 66.4 Å². The highest BCUT2D eigenvalue weighted by Gasteiger charge is 2.09. The summed E-state index contributed by atoms with van der Waals surface area (Å²) in [4.78, 5) is 16.3. The quantitative estimate of drug-likeness (QED) is 0.766. The van der Waals surface area contributed by atoms with Crippen LogP contribution in [0.4, 0.5) is 10.5 Å². The molecule has 0 spiro atoms. The van der Waals surface area contributed by atoms with Crippen LogP contribution in [0.5, 0.6) is 5.75 Å². The minimum atomic E-state index is -0.518. The van der Waals surface area contributed by atoms with Crippen molar-refractivity contribution < 1.29 is 9.53 Å². The lowest BCUT2D eigenvalue weighted by atomic mass is 10.1. The van der Waals surface area contributed by atoms with Gasteiger partial charge >= 0.3 is 6.09 Å². The van der Waals surface area contributed by atoms with Gasteiger partial charge in [-0.2, -0.15) is 0 Å². The molecule has 0 unspecified atom stereocenters. The smallest absolute Gasteiger partial charge is 0.410 e. The number of aryl methyl sites for hydroxylation is 1. The van der Waals surface area contributed by atoms with Crippen LogP contribution in [0.1, 0.15) is 5.56 Å². The Kier molecular flexibility index (Phi) is 3.51. The molecular formula is C17H14N2O2. The first-order valence-electron chi connectivity index (χ1n) is 6.62. The summed E-state index contributed by atoms with van der Waals surface area (Å²) in [6.07, 6.45) is 1.22. The molecule has 1 N–H and O–H groups in total. The highest BCUT2D eigenvalue weighted by atomic mass is 16.6. The summed E-state index contributed by atoms with van der Waals surface area (Å²) in [6.45, 7) is 1.99. The van der Waals surface area contributed by atoms with Gasteiger partial charge in [0.1, 0.15) is 5.75 Å². The SMILES string of the molecule is Cc1ccc(NC(=O)Oc2ccccc2)c2cccnc12. The summed E-state index contributed by atoms with van der Waals surface area (Å²) in [5.41, 5.74) is 2.62. The molecule has 0 radical (unpaired) electrons. The van der Waals surface area contributed by atoms with E-state index in [2.05, 4.69) is 10.3 Å². The number of rotatable bonds is 2. The number of hydrogen-bond donors (Lipinski definition) is 1. The van der Waals surface area contributed by atoms with E-state index in [1.165, 1.54) is 0 Å². The zero-order valence-corrected chi connectivity index (χ0v) is 11.5. The van der Waals surface area contributed by atoms with Crippen molar-refractivity contribution in [2.24, 2.45) is 0 Å². The van der Waals surface area contributed by atoms with Crippen LogP contribution in [0.15, 0.2) is 60.8 Å². The predicted molar refractivity (Wildman–Crippen MR) is 82.6 cm³/mol. The maximum atomic E-state index is 12.0. The van der Waals surface area contributed by atoms with E-state index in [4.69, 9.17) is 4.74 Å². The van der Waals surface area contributed by atoms with Crippen molar-refractivity contribution in [2.45, 2.75) is 6.92 Å². The van der Waals surface area contributed by atoms with E-state index in [-0.39, 0.29) is 0 Å². The Hall–Kier alpha value is -2.88. The number of para-hydroxylation sites is 1. The fourth-order valence-electron chi connectivity index (χ4n) is 2.15. The van der Waals surface area contributed by atoms with Gasteiger partial charge in [0.25, 0.3) is 0 Å². The van der Waals surface area contributed by atoms with Gasteiger partial charge < -0.3 is 4.74 Å². The summed E-state index contributed by atoms with van der Waals surface area (Å²) in [7, 11) is 0. The largest absolute Gasteiger partial charge is 0.417 e. The maximum Gasteiger partial charge on any atom is 0.417 e. The first-order chi connectivity index (χ1) is 10.2. The Balaban J connectivity index is 1.85. The van der Waals surface area contributed by atoms with E-state index in [0.29, 0.717) is 11.4 Å². The van der Waals surface area contributed by atoms with Gasteiger partial charge in [0, 0.05) is 11.6 Å². The zero-order valence-electron chi connectivity index (χ0n) is 11.5. The van der Waals surface area contributed by atoms with Crippen molar-refractivity contribution >= 4 is 22.7 Å². The number of carbonyl (C=O) groups is 1. The van der Waals surface area contributed by atoms with Gasteiger partial charge in [-0.25, -0.2) is 4.79 Å². The van der Waals surface area contributed by atoms with Crippen LogP contribution in [-0.4, -0.2) is 11.1 Å². The molecule has 0 aliphatic rings. The Morgan fingerprint density at radius 2 is 1.86 bits per heavy atom. The molecule has 1 amide bonds. The molecule has 0 aliphatic carbocycles. The van der Waals surface area contributed by atoms with Crippen molar-refractivity contribution in [1.82, 2.24) is 4.98 Å². The minimum Gasteiger partial charge on any atom is -0.410 e. The van der Waals surface area contributed by atoms with E-state index >= 15 is 0 Å². The van der Waals surface area contributed by atoms with Crippen molar-refractivity contribution in [3.63, 3.8) is 0 Å². The van der Waals surface area contributed by atoms with Crippen LogP contribution < -0.4 is 10.1 Å². The van der Waals surface area contributed by atoms with Gasteiger partial charge in [-0.1, -0.05) is 24.3 Å². The number of fused-ring (bicyclic) bond motifs is 1. The first-order valence-corrected chi connectivity index (χ1v) is 6.62. The van der Waals surface area contributed by atoms with Crippen LogP contribution in [0.2, 0.25) is 0 Å². The molecule has 0 saturated carbocycles. The van der Waals surface area contributed by atoms with Gasteiger partial charge in [-0.15, -0.1) is 0 Å². The average molecular weight is 278 g/mol. The number of anilines is 1. The van der Waals surface area contributed by atoms with E-state index < -0.39 is 6.09 Å². The Labute approximate surface area is 122 Å². The molecule has 0 bridgehead atoms. The lowest BCUT2D eigenvalue weighted by molar-refractivity contribution is 0.215. The number of carbonyl (C=O) groups excluding carboxylic acids is 1. The highest BCUT2D eigenvalue weighted by molar-refractivity contribution is 6.00. The third-order valence-corrected chi connectivity index (χ3v) is 3.16. The molecule has 3 rings (SSSR count). The number of benzene rings is 2. The van der Waals surface area contributed by atoms with Crippen LogP contribution >= 0.6 is 0 Å². The molecule has 1 aromatic heterocycles. The van der Waals surface area contributed by atoms with Gasteiger partial charge in [0.2, 0.25) is 0 Å². The zero-order chi connectivity index (χ0) is 14.7. The topological polar surface area (TPSA) is 51.2 Å². The Morgan fingerprint density at radius 3 is 2.67 bits per heavy atom. The van der Waals surface area contributed by atoms with E-state index in [1.54, 1.807) is 18.3 Å². The lowest BCUT2D eigenvalue weighted by Crippen LogP contribution is -2.17. The monoisotopic (exact) mass is 278 g/mol. The van der Waals surface area contributed by atoms with Crippen LogP contribution in [0.25, 0.3) is 10.9 Å². The molecule has 0 fully saturated rings. The van der Waals surface area contributed by atoms with Crippen molar-refractivity contribution in [3.8, 4) is 5.75 Å². The molecule has 4 nitrogen and oxygen atoms in total. The number of hydrogen-bond acceptors (Lipinski definition) is 3. The van der Waals surface area contributed by atoms with Gasteiger partial charge in [-0.05, 0) is 42.8 Å². The standard InChI is InChI=1S/C17H14N2O2/c1-12-9-10-15(14-8-5-11-18-16(12)14)19-17(20)21-13-6-3-2-4-7-13/h2-11H,1H3,(H,19,20). The number of nitrogens with zero attached hydrogens (tertiary/aromatic N) is 1. The number of amides is 1. The highest BCUT2D eigenvalue weighted by Crippen LogP contribution is 2.24. The van der Waals surface area contributed by atoms with Gasteiger partial charge in [0.15, 0.2) is 0 Å². The average Bonchev–Trinajstić information content (AvgIpc) is 2.51. The summed E-state index contributed by atoms with van der Waals surface area (Å²) < 4.78 is 5.23. The molecule has 4 heteroatoms. The molecule has 3 aromatic rings. The predicted octanol–water partition coefficient (Wildman–Crippen LogP) is 4.15. The third kappa shape index (κ3) is 2.84. The minimum absolute atomic E-state index is 0.504. The maximum absolute atomic E-state index is 12.0. The van der Waals surface area contributed by atoms with E-state index in [9.17, 15) is 4.79 Å². The fourth-order valence-corrected chi connectivity index (χ4v) is 2.15. The molecule has 0 saturated heterocycles. The van der Waals surface area contributed by atoms with Gasteiger partial charge in [-0.3, -0.25) is 10.3 Å². The first kappa shape index (κ1) is 13.1. The van der Waals surface area contributed by atoms with Crippen LogP contribution in [-0.2, 0) is 0 Å². The van der Waals surface area contributed by atoms with Gasteiger partial charge in [0.05, 0.1) is 11.2 Å². The summed E-state index contributed by atoms with van der Waals surface area (Å²) in [5.74, 6) is 0.504. The summed E-state index contributed by atoms with van der Waals surface area (Å²) in [6, 6.07) is 16.5. The second-order valence-electron chi connectivity index (χ2n) is 4.66. The number of pyridine rings is 1. The number of aromatic nitrogens is 1. The van der Waals surface area contributed by atoms with Crippen molar-refractivity contribution in [2.75, 3.05) is 5.32 Å².